The van der Waals surface area contributed by atoms with Crippen molar-refractivity contribution in [1.82, 2.24) is 9.21 Å². The Hall–Kier alpha value is -1.55. The predicted octanol–water partition coefficient (Wildman–Crippen LogP) is 0.825. The van der Waals surface area contributed by atoms with Gasteiger partial charge in [0, 0.05) is 31.9 Å². The van der Waals surface area contributed by atoms with Crippen LogP contribution in [-0.2, 0) is 10.0 Å². The number of anilines is 1. The molecule has 0 spiro atoms. The van der Waals surface area contributed by atoms with Crippen molar-refractivity contribution in [3.05, 3.63) is 23.3 Å². The van der Waals surface area contributed by atoms with Crippen molar-refractivity contribution in [3.63, 3.8) is 0 Å². The van der Waals surface area contributed by atoms with Gasteiger partial charge < -0.3 is 5.73 Å². The summed E-state index contributed by atoms with van der Waals surface area (Å²) < 4.78 is 27.2. The molecule has 21 heavy (non-hydrogen) atoms. The lowest BCUT2D eigenvalue weighted by molar-refractivity contribution is 0.207. The largest absolute Gasteiger partial charge is 0.398 e. The predicted molar refractivity (Wildman–Crippen MR) is 84.4 cm³/mol. The minimum absolute atomic E-state index is 0.341. The van der Waals surface area contributed by atoms with Gasteiger partial charge in [-0.2, -0.15) is 4.31 Å². The lowest BCUT2D eigenvalue weighted by Gasteiger charge is -2.33. The molecule has 6 heteroatoms. The van der Waals surface area contributed by atoms with E-state index in [9.17, 15) is 8.42 Å². The molecular formula is C15H21N3O2S. The van der Waals surface area contributed by atoms with Crippen LogP contribution in [-0.4, -0.2) is 50.3 Å². The van der Waals surface area contributed by atoms with E-state index in [4.69, 9.17) is 12.2 Å². The minimum Gasteiger partial charge on any atom is -0.398 e. The summed E-state index contributed by atoms with van der Waals surface area (Å²) >= 11 is 0. The first kappa shape index (κ1) is 15.8. The normalized spacial score (nSPS) is 17.6. The fourth-order valence-electron chi connectivity index (χ4n) is 2.63. The van der Waals surface area contributed by atoms with Crippen LogP contribution in [0.5, 0.6) is 0 Å². The van der Waals surface area contributed by atoms with Crippen LogP contribution >= 0.6 is 0 Å². The minimum atomic E-state index is -3.51. The number of piperazine rings is 1. The molecular weight excluding hydrogens is 286 g/mol. The van der Waals surface area contributed by atoms with Gasteiger partial charge in [-0.15, -0.1) is 6.42 Å². The average molecular weight is 307 g/mol. The number of nitrogens with two attached hydrogens (primary N) is 1. The molecule has 0 radical (unpaired) electrons. The number of benzene rings is 1. The highest BCUT2D eigenvalue weighted by molar-refractivity contribution is 7.89. The molecule has 2 rings (SSSR count). The molecule has 0 aromatic heterocycles. The Balaban J connectivity index is 2.29. The third-order valence-corrected chi connectivity index (χ3v) is 6.08. The zero-order valence-corrected chi connectivity index (χ0v) is 13.3. The van der Waals surface area contributed by atoms with E-state index in [1.165, 1.54) is 4.31 Å². The van der Waals surface area contributed by atoms with Gasteiger partial charge in [0.2, 0.25) is 10.0 Å². The van der Waals surface area contributed by atoms with Gasteiger partial charge in [-0.25, -0.2) is 8.42 Å². The molecule has 0 amide bonds. The number of terminal acetylenes is 1. The molecule has 1 fully saturated rings. The second kappa shape index (κ2) is 6.06. The summed E-state index contributed by atoms with van der Waals surface area (Å²) in [5.41, 5.74) is 7.72. The molecule has 1 saturated heterocycles. The SMILES string of the molecule is C#CCN1CCN(S(=O)(=O)c2c(C)ccc(N)c2C)CC1. The number of hydrogen-bond donors (Lipinski definition) is 1. The van der Waals surface area contributed by atoms with Gasteiger partial charge in [0.05, 0.1) is 11.4 Å². The standard InChI is InChI=1S/C15H21N3O2S/c1-4-7-17-8-10-18(11-9-17)21(19,20)15-12(2)5-6-14(16)13(15)3/h1,5-6H,7-11,16H2,2-3H3. The summed E-state index contributed by atoms with van der Waals surface area (Å²) in [6.45, 7) is 6.34. The van der Waals surface area contributed by atoms with Crippen molar-refractivity contribution in [1.29, 1.82) is 0 Å². The monoisotopic (exact) mass is 307 g/mol. The summed E-state index contributed by atoms with van der Waals surface area (Å²) in [5.74, 6) is 2.59. The summed E-state index contributed by atoms with van der Waals surface area (Å²) in [7, 11) is -3.51. The van der Waals surface area contributed by atoms with Crippen LogP contribution in [0.4, 0.5) is 5.69 Å². The van der Waals surface area contributed by atoms with Gasteiger partial charge in [-0.1, -0.05) is 12.0 Å². The highest BCUT2D eigenvalue weighted by Crippen LogP contribution is 2.28. The topological polar surface area (TPSA) is 66.6 Å². The van der Waals surface area contributed by atoms with E-state index in [2.05, 4.69) is 10.8 Å². The van der Waals surface area contributed by atoms with Crippen molar-refractivity contribution >= 4 is 15.7 Å². The van der Waals surface area contributed by atoms with Crippen LogP contribution < -0.4 is 5.73 Å². The highest BCUT2D eigenvalue weighted by atomic mass is 32.2. The zero-order valence-electron chi connectivity index (χ0n) is 12.5. The van der Waals surface area contributed by atoms with E-state index >= 15 is 0 Å². The summed E-state index contributed by atoms with van der Waals surface area (Å²) in [5, 5.41) is 0. The Kier molecular flexibility index (Phi) is 4.57. The Bertz CT molecular complexity index is 669. The maximum Gasteiger partial charge on any atom is 0.243 e. The van der Waals surface area contributed by atoms with E-state index in [1.54, 1.807) is 26.0 Å². The van der Waals surface area contributed by atoms with Gasteiger partial charge in [-0.05, 0) is 31.0 Å². The number of sulfonamides is 1. The molecule has 0 unspecified atom stereocenters. The van der Waals surface area contributed by atoms with Crippen LogP contribution in [0.3, 0.4) is 0 Å². The second-order valence-corrected chi connectivity index (χ2v) is 7.18. The van der Waals surface area contributed by atoms with Crippen LogP contribution in [0.1, 0.15) is 11.1 Å². The first-order chi connectivity index (χ1) is 9.87. The number of hydrogen-bond acceptors (Lipinski definition) is 4. The first-order valence-electron chi connectivity index (χ1n) is 6.89. The molecule has 0 atom stereocenters. The van der Waals surface area contributed by atoms with Crippen molar-refractivity contribution in [2.75, 3.05) is 38.5 Å². The van der Waals surface area contributed by atoms with Gasteiger partial charge >= 0.3 is 0 Å². The molecule has 1 aromatic carbocycles. The van der Waals surface area contributed by atoms with Gasteiger partial charge in [0.15, 0.2) is 0 Å². The molecule has 1 aliphatic heterocycles. The Morgan fingerprint density at radius 1 is 1.24 bits per heavy atom. The fourth-order valence-corrected chi connectivity index (χ4v) is 4.51. The van der Waals surface area contributed by atoms with Crippen molar-refractivity contribution < 1.29 is 8.42 Å². The van der Waals surface area contributed by atoms with E-state index < -0.39 is 10.0 Å². The summed E-state index contributed by atoms with van der Waals surface area (Å²) in [4.78, 5) is 2.42. The van der Waals surface area contributed by atoms with E-state index in [0.29, 0.717) is 48.9 Å². The van der Waals surface area contributed by atoms with E-state index in [0.717, 1.165) is 5.56 Å². The summed E-state index contributed by atoms with van der Waals surface area (Å²) in [6, 6.07) is 3.50. The van der Waals surface area contributed by atoms with Gasteiger partial charge in [0.1, 0.15) is 0 Å². The van der Waals surface area contributed by atoms with Gasteiger partial charge in [0.25, 0.3) is 0 Å². The van der Waals surface area contributed by atoms with Crippen LogP contribution in [0.2, 0.25) is 0 Å². The van der Waals surface area contributed by atoms with E-state index in [1.807, 2.05) is 0 Å². The van der Waals surface area contributed by atoms with Crippen molar-refractivity contribution in [2.45, 2.75) is 18.7 Å². The Morgan fingerprint density at radius 2 is 1.86 bits per heavy atom. The lowest BCUT2D eigenvalue weighted by Crippen LogP contribution is -2.48. The van der Waals surface area contributed by atoms with Crippen LogP contribution in [0, 0.1) is 26.2 Å². The molecule has 1 aromatic rings. The molecule has 0 saturated carbocycles. The molecule has 1 aliphatic rings. The van der Waals surface area contributed by atoms with Crippen molar-refractivity contribution in [3.8, 4) is 12.3 Å². The Labute approximate surface area is 126 Å². The molecule has 1 heterocycles. The zero-order chi connectivity index (χ0) is 15.6. The number of nitrogens with zero attached hydrogens (tertiary/aromatic N) is 2. The average Bonchev–Trinajstić information content (AvgIpc) is 2.44. The van der Waals surface area contributed by atoms with E-state index in [-0.39, 0.29) is 0 Å². The molecule has 2 N–H and O–H groups in total. The molecule has 114 valence electrons. The number of nitrogen functional groups attached to an aromatic ring is 1. The van der Waals surface area contributed by atoms with Gasteiger partial charge in [-0.3, -0.25) is 4.90 Å². The number of rotatable bonds is 3. The smallest absolute Gasteiger partial charge is 0.243 e. The summed E-state index contributed by atoms with van der Waals surface area (Å²) in [6.07, 6.45) is 5.29. The maximum absolute atomic E-state index is 12.9. The maximum atomic E-state index is 12.9. The highest BCUT2D eigenvalue weighted by Gasteiger charge is 2.31. The Morgan fingerprint density at radius 3 is 2.43 bits per heavy atom. The third kappa shape index (κ3) is 3.05. The third-order valence-electron chi connectivity index (χ3n) is 3.89. The van der Waals surface area contributed by atoms with Crippen molar-refractivity contribution in [2.24, 2.45) is 0 Å². The second-order valence-electron chi connectivity index (χ2n) is 5.31. The first-order valence-corrected chi connectivity index (χ1v) is 8.33. The van der Waals surface area contributed by atoms with Crippen LogP contribution in [0.15, 0.2) is 17.0 Å². The molecule has 5 nitrogen and oxygen atoms in total. The van der Waals surface area contributed by atoms with Crippen LogP contribution in [0.25, 0.3) is 0 Å². The quantitative estimate of drug-likeness (QED) is 0.663. The molecule has 0 bridgehead atoms. The lowest BCUT2D eigenvalue weighted by atomic mass is 10.1. The fraction of sp³-hybridized carbons (Fsp3) is 0.467. The molecule has 0 aliphatic carbocycles. The number of aryl methyl sites for hydroxylation is 1.